The number of carbonyl (C=O) groups is 1. The van der Waals surface area contributed by atoms with Gasteiger partial charge in [-0.25, -0.2) is 0 Å². The molecule has 0 radical (unpaired) electrons. The molecule has 0 saturated heterocycles. The van der Waals surface area contributed by atoms with E-state index in [1.165, 1.54) is 11.1 Å². The monoisotopic (exact) mass is 396 g/mol. The van der Waals surface area contributed by atoms with E-state index in [0.29, 0.717) is 5.75 Å². The van der Waals surface area contributed by atoms with Gasteiger partial charge in [-0.2, -0.15) is 0 Å². The van der Waals surface area contributed by atoms with Crippen molar-refractivity contribution in [3.63, 3.8) is 0 Å². The van der Waals surface area contributed by atoms with Crippen LogP contribution < -0.4 is 9.47 Å². The molecule has 2 unspecified atom stereocenters. The van der Waals surface area contributed by atoms with Crippen molar-refractivity contribution >= 4 is 5.97 Å². The number of hydrogen-bond donors (Lipinski definition) is 0. The molecule has 0 aliphatic rings. The molecule has 0 amide bonds. The molecule has 0 aromatic heterocycles. The van der Waals surface area contributed by atoms with Crippen LogP contribution in [0.1, 0.15) is 78.9 Å². The standard InChI is InChI=1S/C26H36O3/c1-8-19(4)24(27)28-22-15-11-20(12-16-22)26(7,10-3)21-13-17-23(18-14-21)29-25(5,6)9-2/h11-19H,8-10H2,1-7H3. The van der Waals surface area contributed by atoms with Crippen molar-refractivity contribution < 1.29 is 14.3 Å². The summed E-state index contributed by atoms with van der Waals surface area (Å²) in [6.45, 7) is 14.7. The van der Waals surface area contributed by atoms with E-state index in [1.807, 2.05) is 26.0 Å². The molecule has 2 rings (SSSR count). The Hall–Kier alpha value is -2.29. The van der Waals surface area contributed by atoms with Gasteiger partial charge in [-0.15, -0.1) is 0 Å². The first-order valence-electron chi connectivity index (χ1n) is 10.8. The number of esters is 1. The molecule has 2 aromatic rings. The van der Waals surface area contributed by atoms with E-state index in [4.69, 9.17) is 9.47 Å². The lowest BCUT2D eigenvalue weighted by Gasteiger charge is -2.31. The van der Waals surface area contributed by atoms with Gasteiger partial charge in [-0.1, -0.05) is 58.9 Å². The summed E-state index contributed by atoms with van der Waals surface area (Å²) in [6, 6.07) is 16.3. The third kappa shape index (κ3) is 5.62. The molecule has 0 N–H and O–H groups in total. The van der Waals surface area contributed by atoms with Gasteiger partial charge in [0.2, 0.25) is 0 Å². The molecule has 3 heteroatoms. The van der Waals surface area contributed by atoms with Crippen LogP contribution in [-0.2, 0) is 10.2 Å². The van der Waals surface area contributed by atoms with Crippen LogP contribution in [0.15, 0.2) is 48.5 Å². The van der Waals surface area contributed by atoms with E-state index in [0.717, 1.165) is 25.0 Å². The maximum absolute atomic E-state index is 12.0. The fraction of sp³-hybridized carbons (Fsp3) is 0.500. The second-order valence-corrected chi connectivity index (χ2v) is 8.68. The number of hydrogen-bond acceptors (Lipinski definition) is 3. The maximum Gasteiger partial charge on any atom is 0.314 e. The molecule has 0 spiro atoms. The van der Waals surface area contributed by atoms with Crippen molar-refractivity contribution in [1.29, 1.82) is 0 Å². The van der Waals surface area contributed by atoms with Crippen molar-refractivity contribution in [2.24, 2.45) is 5.92 Å². The molecule has 0 aliphatic carbocycles. The van der Waals surface area contributed by atoms with Crippen LogP contribution in [0.25, 0.3) is 0 Å². The van der Waals surface area contributed by atoms with Crippen LogP contribution >= 0.6 is 0 Å². The van der Waals surface area contributed by atoms with E-state index in [2.05, 4.69) is 71.0 Å². The molecule has 2 aromatic carbocycles. The lowest BCUT2D eigenvalue weighted by Crippen LogP contribution is -2.27. The van der Waals surface area contributed by atoms with Crippen molar-refractivity contribution in [2.45, 2.75) is 78.7 Å². The van der Waals surface area contributed by atoms with Gasteiger partial charge in [0.25, 0.3) is 0 Å². The molecule has 29 heavy (non-hydrogen) atoms. The number of benzene rings is 2. The van der Waals surface area contributed by atoms with Gasteiger partial charge in [0.05, 0.1) is 5.92 Å². The molecular formula is C26H36O3. The highest BCUT2D eigenvalue weighted by atomic mass is 16.5. The van der Waals surface area contributed by atoms with Gasteiger partial charge >= 0.3 is 5.97 Å². The largest absolute Gasteiger partial charge is 0.488 e. The lowest BCUT2D eigenvalue weighted by atomic mass is 9.74. The van der Waals surface area contributed by atoms with Crippen LogP contribution in [-0.4, -0.2) is 11.6 Å². The number of rotatable bonds is 9. The minimum absolute atomic E-state index is 0.0889. The Balaban J connectivity index is 2.21. The van der Waals surface area contributed by atoms with Gasteiger partial charge in [0, 0.05) is 5.41 Å². The highest BCUT2D eigenvalue weighted by Gasteiger charge is 2.27. The van der Waals surface area contributed by atoms with Crippen molar-refractivity contribution in [1.82, 2.24) is 0 Å². The highest BCUT2D eigenvalue weighted by Crippen LogP contribution is 2.37. The zero-order valence-electron chi connectivity index (χ0n) is 19.0. The normalized spacial score (nSPS) is 14.7. The topological polar surface area (TPSA) is 35.5 Å². The molecule has 158 valence electrons. The van der Waals surface area contributed by atoms with Gasteiger partial charge < -0.3 is 9.47 Å². The first kappa shape index (κ1) is 23.0. The number of ether oxygens (including phenoxy) is 2. The Bertz CT molecular complexity index is 790. The highest BCUT2D eigenvalue weighted by molar-refractivity contribution is 5.74. The second kappa shape index (κ2) is 9.47. The van der Waals surface area contributed by atoms with Crippen LogP contribution in [0, 0.1) is 5.92 Å². The molecule has 0 heterocycles. The smallest absolute Gasteiger partial charge is 0.314 e. The van der Waals surface area contributed by atoms with Crippen LogP contribution in [0.2, 0.25) is 0 Å². The molecule has 0 saturated carbocycles. The van der Waals surface area contributed by atoms with Crippen LogP contribution in [0.5, 0.6) is 11.5 Å². The Morgan fingerprint density at radius 1 is 0.828 bits per heavy atom. The summed E-state index contributed by atoms with van der Waals surface area (Å²) in [6.07, 6.45) is 2.69. The first-order valence-corrected chi connectivity index (χ1v) is 10.8. The fourth-order valence-corrected chi connectivity index (χ4v) is 3.13. The van der Waals surface area contributed by atoms with Crippen molar-refractivity contribution in [3.8, 4) is 11.5 Å². The Kier molecular flexibility index (Phi) is 7.51. The molecule has 3 nitrogen and oxygen atoms in total. The van der Waals surface area contributed by atoms with Crippen LogP contribution in [0.3, 0.4) is 0 Å². The van der Waals surface area contributed by atoms with E-state index in [1.54, 1.807) is 0 Å². The van der Waals surface area contributed by atoms with E-state index in [9.17, 15) is 4.79 Å². The number of carbonyl (C=O) groups excluding carboxylic acids is 1. The summed E-state index contributed by atoms with van der Waals surface area (Å²) in [5.74, 6) is 1.23. The van der Waals surface area contributed by atoms with Crippen LogP contribution in [0.4, 0.5) is 0 Å². The quantitative estimate of drug-likeness (QED) is 0.341. The summed E-state index contributed by atoms with van der Waals surface area (Å²) in [5.41, 5.74) is 2.15. The summed E-state index contributed by atoms with van der Waals surface area (Å²) in [7, 11) is 0. The Labute approximate surface area is 176 Å². The minimum Gasteiger partial charge on any atom is -0.488 e. The van der Waals surface area contributed by atoms with Crippen molar-refractivity contribution in [3.05, 3.63) is 59.7 Å². The van der Waals surface area contributed by atoms with Gasteiger partial charge in [-0.3, -0.25) is 4.79 Å². The summed E-state index contributed by atoms with van der Waals surface area (Å²) < 4.78 is 11.6. The third-order valence-electron chi connectivity index (χ3n) is 6.17. The average Bonchev–Trinajstić information content (AvgIpc) is 2.73. The Morgan fingerprint density at radius 2 is 1.31 bits per heavy atom. The first-order chi connectivity index (χ1) is 13.6. The van der Waals surface area contributed by atoms with Gasteiger partial charge in [0.15, 0.2) is 0 Å². The third-order valence-corrected chi connectivity index (χ3v) is 6.17. The lowest BCUT2D eigenvalue weighted by molar-refractivity contribution is -0.138. The molecule has 2 atom stereocenters. The van der Waals surface area contributed by atoms with E-state index >= 15 is 0 Å². The molecular weight excluding hydrogens is 360 g/mol. The predicted octanol–water partition coefficient (Wildman–Crippen LogP) is 6.92. The average molecular weight is 397 g/mol. The van der Waals surface area contributed by atoms with E-state index < -0.39 is 0 Å². The zero-order valence-corrected chi connectivity index (χ0v) is 19.0. The summed E-state index contributed by atoms with van der Waals surface area (Å²) >= 11 is 0. The molecule has 0 fully saturated rings. The predicted molar refractivity (Wildman–Crippen MR) is 120 cm³/mol. The summed E-state index contributed by atoms with van der Waals surface area (Å²) in [5, 5.41) is 0. The second-order valence-electron chi connectivity index (χ2n) is 8.68. The minimum atomic E-state index is -0.177. The molecule has 0 aliphatic heterocycles. The summed E-state index contributed by atoms with van der Waals surface area (Å²) in [4.78, 5) is 12.0. The Morgan fingerprint density at radius 3 is 1.72 bits per heavy atom. The van der Waals surface area contributed by atoms with Crippen molar-refractivity contribution in [2.75, 3.05) is 0 Å². The zero-order chi connectivity index (χ0) is 21.7. The fourth-order valence-electron chi connectivity index (χ4n) is 3.13. The maximum atomic E-state index is 12.0. The van der Waals surface area contributed by atoms with E-state index in [-0.39, 0.29) is 22.9 Å². The SMILES string of the molecule is CCC(C)C(=O)Oc1ccc(C(C)(CC)c2ccc(OC(C)(C)CC)cc2)cc1. The van der Waals surface area contributed by atoms with Gasteiger partial charge in [0.1, 0.15) is 17.1 Å². The molecule has 0 bridgehead atoms. The van der Waals surface area contributed by atoms with Gasteiger partial charge in [-0.05, 0) is 68.5 Å².